The summed E-state index contributed by atoms with van der Waals surface area (Å²) in [5, 5.41) is 0. The number of amides is 1. The fourth-order valence-electron chi connectivity index (χ4n) is 5.76. The van der Waals surface area contributed by atoms with Crippen LogP contribution in [0.3, 0.4) is 0 Å². The van der Waals surface area contributed by atoms with Gasteiger partial charge in [0.15, 0.2) is 0 Å². The van der Waals surface area contributed by atoms with Gasteiger partial charge >= 0.3 is 0 Å². The summed E-state index contributed by atoms with van der Waals surface area (Å²) in [7, 11) is 2.73. The zero-order valence-corrected chi connectivity index (χ0v) is 20.5. The minimum Gasteiger partial charge on any atom is -0.489 e. The molecule has 1 saturated carbocycles. The van der Waals surface area contributed by atoms with Gasteiger partial charge < -0.3 is 14.4 Å². The Balaban J connectivity index is 1.37. The summed E-state index contributed by atoms with van der Waals surface area (Å²) in [6.45, 7) is 2.56. The second-order valence-electron chi connectivity index (χ2n) is 9.66. The maximum absolute atomic E-state index is 13.0. The van der Waals surface area contributed by atoms with E-state index in [1.165, 1.54) is 39.9 Å². The Bertz CT molecular complexity index is 1020. The molecule has 6 heteroatoms. The van der Waals surface area contributed by atoms with Gasteiger partial charge in [-0.05, 0) is 56.1 Å². The van der Waals surface area contributed by atoms with Crippen molar-refractivity contribution < 1.29 is 23.9 Å². The fraction of sp³-hybridized carbons (Fsp3) is 0.536. The van der Waals surface area contributed by atoms with Crippen LogP contribution in [-0.2, 0) is 36.7 Å². The smallest absolute Gasteiger partial charge is 0.228 e. The molecule has 1 amide bonds. The van der Waals surface area contributed by atoms with Crippen LogP contribution in [0.1, 0.15) is 63.0 Å². The van der Waals surface area contributed by atoms with Crippen LogP contribution in [0.15, 0.2) is 46.9 Å². The molecule has 1 saturated heterocycles. The van der Waals surface area contributed by atoms with E-state index in [0.717, 1.165) is 30.5 Å². The Morgan fingerprint density at radius 1 is 0.912 bits per heavy atom. The number of ketones is 2. The van der Waals surface area contributed by atoms with Gasteiger partial charge in [-0.25, -0.2) is 0 Å². The van der Waals surface area contributed by atoms with E-state index in [2.05, 4.69) is 4.90 Å². The zero-order valence-electron chi connectivity index (χ0n) is 20.5. The predicted molar refractivity (Wildman–Crippen MR) is 129 cm³/mol. The van der Waals surface area contributed by atoms with Gasteiger partial charge in [-0.2, -0.15) is 0 Å². The summed E-state index contributed by atoms with van der Waals surface area (Å²) < 4.78 is 10.3. The van der Waals surface area contributed by atoms with Crippen LogP contribution in [0.25, 0.3) is 0 Å². The molecule has 0 radical (unpaired) electrons. The number of rotatable bonds is 7. The SMILES string of the molecule is COC1=C(OC)C(=O)C(Cc2ccc(CCC(=O)N3CCCC4CCCCC43)cc2)=C(C)C1=O. The molecule has 0 N–H and O–H groups in total. The average molecular weight is 466 g/mol. The monoisotopic (exact) mass is 465 g/mol. The van der Waals surface area contributed by atoms with Crippen molar-refractivity contribution in [3.05, 3.63) is 58.1 Å². The number of ether oxygens (including phenoxy) is 2. The van der Waals surface area contributed by atoms with Crippen LogP contribution in [0.4, 0.5) is 0 Å². The molecule has 0 aromatic heterocycles. The minimum atomic E-state index is -0.318. The van der Waals surface area contributed by atoms with E-state index >= 15 is 0 Å². The number of methoxy groups -OCH3 is 2. The highest BCUT2D eigenvalue weighted by Crippen LogP contribution is 2.35. The molecule has 3 aliphatic rings. The summed E-state index contributed by atoms with van der Waals surface area (Å²) in [5.41, 5.74) is 2.85. The zero-order chi connectivity index (χ0) is 24.2. The number of hydrogen-bond donors (Lipinski definition) is 0. The first kappa shape index (κ1) is 24.2. The Kier molecular flexibility index (Phi) is 7.54. The number of nitrogens with zero attached hydrogens (tertiary/aromatic N) is 1. The van der Waals surface area contributed by atoms with Crippen molar-refractivity contribution in [2.24, 2.45) is 5.92 Å². The molecule has 2 fully saturated rings. The average Bonchev–Trinajstić information content (AvgIpc) is 2.87. The second kappa shape index (κ2) is 10.6. The van der Waals surface area contributed by atoms with Gasteiger partial charge in [0.1, 0.15) is 0 Å². The number of carbonyl (C=O) groups is 3. The molecule has 2 unspecified atom stereocenters. The lowest BCUT2D eigenvalue weighted by Crippen LogP contribution is -2.49. The number of Topliss-reactive ketones (excluding diaryl/α,β-unsaturated/α-hetero) is 2. The van der Waals surface area contributed by atoms with Crippen LogP contribution in [0.5, 0.6) is 0 Å². The quantitative estimate of drug-likeness (QED) is 0.561. The Labute approximate surface area is 202 Å². The lowest BCUT2D eigenvalue weighted by molar-refractivity contribution is -0.137. The fourth-order valence-corrected chi connectivity index (χ4v) is 5.76. The van der Waals surface area contributed by atoms with Crippen molar-refractivity contribution in [2.45, 2.75) is 70.8 Å². The molecule has 2 aliphatic carbocycles. The number of hydrogen-bond acceptors (Lipinski definition) is 5. The molecule has 0 spiro atoms. The summed E-state index contributed by atoms with van der Waals surface area (Å²) in [4.78, 5) is 40.6. The van der Waals surface area contributed by atoms with Crippen molar-refractivity contribution in [3.8, 4) is 0 Å². The number of aryl methyl sites for hydroxylation is 1. The molecular weight excluding hydrogens is 430 g/mol. The van der Waals surface area contributed by atoms with E-state index in [0.29, 0.717) is 42.4 Å². The third-order valence-electron chi connectivity index (χ3n) is 7.69. The highest BCUT2D eigenvalue weighted by molar-refractivity contribution is 6.23. The van der Waals surface area contributed by atoms with E-state index < -0.39 is 0 Å². The molecule has 1 aliphatic heterocycles. The summed E-state index contributed by atoms with van der Waals surface area (Å²) >= 11 is 0. The second-order valence-corrected chi connectivity index (χ2v) is 9.66. The largest absolute Gasteiger partial charge is 0.489 e. The first-order valence-corrected chi connectivity index (χ1v) is 12.4. The van der Waals surface area contributed by atoms with E-state index in [1.807, 2.05) is 24.3 Å². The molecule has 34 heavy (non-hydrogen) atoms. The van der Waals surface area contributed by atoms with Gasteiger partial charge in [0.2, 0.25) is 29.0 Å². The molecular formula is C28H35NO5. The lowest BCUT2D eigenvalue weighted by atomic mass is 9.78. The Morgan fingerprint density at radius 3 is 2.24 bits per heavy atom. The predicted octanol–water partition coefficient (Wildman–Crippen LogP) is 4.32. The molecule has 1 aromatic rings. The number of carbonyl (C=O) groups excluding carboxylic acids is 3. The number of likely N-dealkylation sites (tertiary alicyclic amines) is 1. The number of fused-ring (bicyclic) bond motifs is 1. The first-order valence-electron chi connectivity index (χ1n) is 12.4. The topological polar surface area (TPSA) is 72.9 Å². The standard InChI is InChI=1S/C28H35NO5/c1-18-22(26(32)28(34-3)27(33-2)25(18)31)17-20-12-10-19(11-13-20)14-15-24(30)29-16-6-8-21-7-4-5-9-23(21)29/h10-13,21,23H,4-9,14-17H2,1-3H3. The Hall–Kier alpha value is -2.89. The first-order chi connectivity index (χ1) is 16.4. The number of benzene rings is 1. The normalized spacial score (nSPS) is 23.2. The van der Waals surface area contributed by atoms with Crippen molar-refractivity contribution in [1.82, 2.24) is 4.90 Å². The number of piperidine rings is 1. The van der Waals surface area contributed by atoms with Crippen molar-refractivity contribution >= 4 is 17.5 Å². The van der Waals surface area contributed by atoms with Crippen LogP contribution in [0, 0.1) is 5.92 Å². The van der Waals surface area contributed by atoms with E-state index in [9.17, 15) is 14.4 Å². The number of allylic oxidation sites excluding steroid dienone is 2. The summed E-state index contributed by atoms with van der Waals surface area (Å²) in [6.07, 6.45) is 8.96. The lowest BCUT2D eigenvalue weighted by Gasteiger charge is -2.44. The van der Waals surface area contributed by atoms with Crippen molar-refractivity contribution in [2.75, 3.05) is 20.8 Å². The van der Waals surface area contributed by atoms with E-state index in [1.54, 1.807) is 6.92 Å². The minimum absolute atomic E-state index is 0.0398. The van der Waals surface area contributed by atoms with Gasteiger partial charge in [-0.3, -0.25) is 14.4 Å². The van der Waals surface area contributed by atoms with Crippen molar-refractivity contribution in [1.29, 1.82) is 0 Å². The molecule has 0 bridgehead atoms. The third-order valence-corrected chi connectivity index (χ3v) is 7.69. The third kappa shape index (κ3) is 4.82. The maximum Gasteiger partial charge on any atom is 0.228 e. The van der Waals surface area contributed by atoms with Crippen LogP contribution < -0.4 is 0 Å². The van der Waals surface area contributed by atoms with Gasteiger partial charge in [0.05, 0.1) is 14.2 Å². The van der Waals surface area contributed by atoms with Crippen LogP contribution in [0.2, 0.25) is 0 Å². The van der Waals surface area contributed by atoms with Gasteiger partial charge in [-0.15, -0.1) is 0 Å². The molecule has 2 atom stereocenters. The maximum atomic E-state index is 13.0. The van der Waals surface area contributed by atoms with Crippen LogP contribution >= 0.6 is 0 Å². The summed E-state index contributed by atoms with van der Waals surface area (Å²) in [5.74, 6) is 0.269. The molecule has 1 aromatic carbocycles. The summed E-state index contributed by atoms with van der Waals surface area (Å²) in [6, 6.07) is 8.42. The van der Waals surface area contributed by atoms with E-state index in [4.69, 9.17) is 9.47 Å². The van der Waals surface area contributed by atoms with Gasteiger partial charge in [-0.1, -0.05) is 37.1 Å². The highest BCUT2D eigenvalue weighted by Gasteiger charge is 2.36. The van der Waals surface area contributed by atoms with E-state index in [-0.39, 0.29) is 29.0 Å². The highest BCUT2D eigenvalue weighted by atomic mass is 16.5. The van der Waals surface area contributed by atoms with Crippen LogP contribution in [-0.4, -0.2) is 49.2 Å². The molecule has 6 nitrogen and oxygen atoms in total. The molecule has 4 rings (SSSR count). The van der Waals surface area contributed by atoms with Gasteiger partial charge in [0.25, 0.3) is 0 Å². The Morgan fingerprint density at radius 2 is 1.53 bits per heavy atom. The molecule has 1 heterocycles. The molecule has 182 valence electrons. The van der Waals surface area contributed by atoms with Crippen molar-refractivity contribution in [3.63, 3.8) is 0 Å². The van der Waals surface area contributed by atoms with Gasteiger partial charge in [0, 0.05) is 36.6 Å².